The van der Waals surface area contributed by atoms with Gasteiger partial charge >= 0.3 is 0 Å². The minimum atomic E-state index is -0.671. The summed E-state index contributed by atoms with van der Waals surface area (Å²) in [5, 5.41) is 10.9. The zero-order valence-corrected chi connectivity index (χ0v) is 15.0. The molecule has 0 aliphatic rings. The molecule has 0 saturated heterocycles. The van der Waals surface area contributed by atoms with Crippen molar-refractivity contribution in [1.29, 1.82) is 0 Å². The van der Waals surface area contributed by atoms with Gasteiger partial charge in [0.05, 0.1) is 17.5 Å². The number of amides is 1. The average molecular weight is 378 g/mol. The Morgan fingerprint density at radius 2 is 2.00 bits per heavy atom. The van der Waals surface area contributed by atoms with E-state index in [2.05, 4.69) is 25.5 Å². The molecule has 0 saturated carbocycles. The summed E-state index contributed by atoms with van der Waals surface area (Å²) in [6, 6.07) is 10.3. The summed E-state index contributed by atoms with van der Waals surface area (Å²) in [6.07, 6.45) is 2.37. The molecule has 0 spiro atoms. The Bertz CT molecular complexity index is 1150. The first-order chi connectivity index (χ1) is 13.5. The SMILES string of the molecule is Cc1nc(-c2cc(-c3ccc(NC(=O)c4ccncc4F)cc3)n(C)n2)no1. The topological polar surface area (TPSA) is 98.7 Å². The number of hydrogen-bond acceptors (Lipinski definition) is 6. The lowest BCUT2D eigenvalue weighted by Crippen LogP contribution is -2.13. The Balaban J connectivity index is 1.55. The summed E-state index contributed by atoms with van der Waals surface area (Å²) in [5.41, 5.74) is 2.80. The monoisotopic (exact) mass is 378 g/mol. The highest BCUT2D eigenvalue weighted by Gasteiger charge is 2.14. The smallest absolute Gasteiger partial charge is 0.258 e. The van der Waals surface area contributed by atoms with Crippen LogP contribution in [0.5, 0.6) is 0 Å². The van der Waals surface area contributed by atoms with E-state index in [1.807, 2.05) is 25.2 Å². The van der Waals surface area contributed by atoms with Crippen molar-refractivity contribution in [3.63, 3.8) is 0 Å². The first-order valence-electron chi connectivity index (χ1n) is 8.37. The third-order valence-corrected chi connectivity index (χ3v) is 4.09. The van der Waals surface area contributed by atoms with E-state index in [1.54, 1.807) is 23.7 Å². The molecule has 1 aromatic carbocycles. The molecule has 1 amide bonds. The fraction of sp³-hybridized carbons (Fsp3) is 0.105. The molecule has 3 heterocycles. The fourth-order valence-electron chi connectivity index (χ4n) is 2.73. The van der Waals surface area contributed by atoms with Crippen molar-refractivity contribution in [3.05, 3.63) is 66.1 Å². The normalized spacial score (nSPS) is 10.8. The number of benzene rings is 1. The molecule has 28 heavy (non-hydrogen) atoms. The van der Waals surface area contributed by atoms with Crippen LogP contribution in [0.2, 0.25) is 0 Å². The van der Waals surface area contributed by atoms with Crippen LogP contribution in [-0.4, -0.2) is 30.8 Å². The number of aromatic nitrogens is 5. The lowest BCUT2D eigenvalue weighted by atomic mass is 10.1. The molecule has 0 aliphatic carbocycles. The van der Waals surface area contributed by atoms with E-state index in [9.17, 15) is 9.18 Å². The van der Waals surface area contributed by atoms with Crippen LogP contribution in [0.4, 0.5) is 10.1 Å². The van der Waals surface area contributed by atoms with Crippen LogP contribution >= 0.6 is 0 Å². The van der Waals surface area contributed by atoms with Crippen molar-refractivity contribution < 1.29 is 13.7 Å². The van der Waals surface area contributed by atoms with Gasteiger partial charge in [0.25, 0.3) is 5.91 Å². The second-order valence-corrected chi connectivity index (χ2v) is 6.06. The summed E-state index contributed by atoms with van der Waals surface area (Å²) < 4.78 is 20.4. The van der Waals surface area contributed by atoms with Crippen LogP contribution in [0.25, 0.3) is 22.8 Å². The molecule has 140 valence electrons. The number of carbonyl (C=O) groups excluding carboxylic acids is 1. The van der Waals surface area contributed by atoms with Crippen LogP contribution in [0.1, 0.15) is 16.2 Å². The lowest BCUT2D eigenvalue weighted by Gasteiger charge is -2.07. The van der Waals surface area contributed by atoms with Gasteiger partial charge in [0.1, 0.15) is 5.69 Å². The van der Waals surface area contributed by atoms with Crippen LogP contribution in [0.15, 0.2) is 53.3 Å². The fourth-order valence-corrected chi connectivity index (χ4v) is 2.73. The van der Waals surface area contributed by atoms with Gasteiger partial charge < -0.3 is 9.84 Å². The summed E-state index contributed by atoms with van der Waals surface area (Å²) in [7, 11) is 1.81. The van der Waals surface area contributed by atoms with Crippen LogP contribution in [0.3, 0.4) is 0 Å². The van der Waals surface area contributed by atoms with Gasteiger partial charge in [-0.1, -0.05) is 17.3 Å². The molecule has 0 atom stereocenters. The number of nitrogens with zero attached hydrogens (tertiary/aromatic N) is 5. The molecule has 1 N–H and O–H groups in total. The van der Waals surface area contributed by atoms with Gasteiger partial charge in [-0.15, -0.1) is 0 Å². The Morgan fingerprint density at radius 3 is 2.68 bits per heavy atom. The molecular weight excluding hydrogens is 363 g/mol. The van der Waals surface area contributed by atoms with Crippen molar-refractivity contribution in [2.75, 3.05) is 5.32 Å². The van der Waals surface area contributed by atoms with E-state index >= 15 is 0 Å². The number of anilines is 1. The number of rotatable bonds is 4. The Hall–Kier alpha value is -3.88. The van der Waals surface area contributed by atoms with Gasteiger partial charge in [-0.3, -0.25) is 14.5 Å². The number of carbonyl (C=O) groups is 1. The van der Waals surface area contributed by atoms with Gasteiger partial charge in [0, 0.05) is 25.9 Å². The molecule has 0 aliphatic heterocycles. The third-order valence-electron chi connectivity index (χ3n) is 4.09. The minimum Gasteiger partial charge on any atom is -0.339 e. The van der Waals surface area contributed by atoms with Gasteiger partial charge in [0.2, 0.25) is 11.7 Å². The quantitative estimate of drug-likeness (QED) is 0.585. The summed E-state index contributed by atoms with van der Waals surface area (Å²) in [4.78, 5) is 20.0. The largest absolute Gasteiger partial charge is 0.339 e. The van der Waals surface area contributed by atoms with E-state index in [0.29, 0.717) is 23.1 Å². The first kappa shape index (κ1) is 17.5. The second-order valence-electron chi connectivity index (χ2n) is 6.06. The summed E-state index contributed by atoms with van der Waals surface area (Å²) in [6.45, 7) is 1.71. The standard InChI is InChI=1S/C19H15FN6O2/c1-11-22-18(25-28-11)16-9-17(26(2)24-16)12-3-5-13(6-4-12)23-19(27)14-7-8-21-10-15(14)20/h3-10H,1-2H3,(H,23,27). The maximum Gasteiger partial charge on any atom is 0.258 e. The maximum atomic E-state index is 13.7. The predicted molar refractivity (Wildman–Crippen MR) is 98.8 cm³/mol. The number of pyridine rings is 1. The van der Waals surface area contributed by atoms with Crippen molar-refractivity contribution >= 4 is 11.6 Å². The summed E-state index contributed by atoms with van der Waals surface area (Å²) >= 11 is 0. The van der Waals surface area contributed by atoms with Gasteiger partial charge in [-0.05, 0) is 29.8 Å². The molecule has 0 unspecified atom stereocenters. The molecular formula is C19H15FN6O2. The highest BCUT2D eigenvalue weighted by atomic mass is 19.1. The highest BCUT2D eigenvalue weighted by Crippen LogP contribution is 2.25. The zero-order chi connectivity index (χ0) is 19.7. The van der Waals surface area contributed by atoms with E-state index in [0.717, 1.165) is 17.5 Å². The average Bonchev–Trinajstić information content (AvgIpc) is 3.28. The molecule has 8 nitrogen and oxygen atoms in total. The molecule has 0 bridgehead atoms. The van der Waals surface area contributed by atoms with Crippen LogP contribution in [-0.2, 0) is 7.05 Å². The van der Waals surface area contributed by atoms with Crippen LogP contribution in [0, 0.1) is 12.7 Å². The van der Waals surface area contributed by atoms with Gasteiger partial charge in [0.15, 0.2) is 5.82 Å². The number of nitrogens with one attached hydrogen (secondary N) is 1. The van der Waals surface area contributed by atoms with Crippen molar-refractivity contribution in [2.24, 2.45) is 7.05 Å². The lowest BCUT2D eigenvalue weighted by molar-refractivity contribution is 0.102. The highest BCUT2D eigenvalue weighted by molar-refractivity contribution is 6.04. The number of halogens is 1. The predicted octanol–water partition coefficient (Wildman–Crippen LogP) is 3.23. The van der Waals surface area contributed by atoms with E-state index < -0.39 is 11.7 Å². The van der Waals surface area contributed by atoms with Gasteiger partial charge in [-0.2, -0.15) is 10.1 Å². The second kappa shape index (κ2) is 7.03. The molecule has 9 heteroatoms. The van der Waals surface area contributed by atoms with E-state index in [1.165, 1.54) is 12.3 Å². The van der Waals surface area contributed by atoms with Crippen molar-refractivity contribution in [3.8, 4) is 22.8 Å². The third kappa shape index (κ3) is 3.37. The van der Waals surface area contributed by atoms with E-state index in [4.69, 9.17) is 4.52 Å². The molecule has 0 fully saturated rings. The van der Waals surface area contributed by atoms with Crippen molar-refractivity contribution in [2.45, 2.75) is 6.92 Å². The Morgan fingerprint density at radius 1 is 1.21 bits per heavy atom. The Labute approximate surface area is 159 Å². The number of aryl methyl sites for hydroxylation is 2. The molecule has 4 rings (SSSR count). The zero-order valence-electron chi connectivity index (χ0n) is 15.0. The minimum absolute atomic E-state index is 0.0641. The van der Waals surface area contributed by atoms with Crippen molar-refractivity contribution in [1.82, 2.24) is 24.9 Å². The number of hydrogen-bond donors (Lipinski definition) is 1. The summed E-state index contributed by atoms with van der Waals surface area (Å²) in [5.74, 6) is -0.325. The maximum absolute atomic E-state index is 13.7. The van der Waals surface area contributed by atoms with Gasteiger partial charge in [-0.25, -0.2) is 4.39 Å². The molecule has 4 aromatic rings. The van der Waals surface area contributed by atoms with E-state index in [-0.39, 0.29) is 5.56 Å². The Kier molecular flexibility index (Phi) is 4.40. The van der Waals surface area contributed by atoms with Crippen LogP contribution < -0.4 is 5.32 Å². The molecule has 3 aromatic heterocycles. The first-order valence-corrected chi connectivity index (χ1v) is 8.37. The molecule has 0 radical (unpaired) electrons.